The van der Waals surface area contributed by atoms with Crippen molar-refractivity contribution in [2.24, 2.45) is 5.10 Å². The first-order chi connectivity index (χ1) is 9.60. The highest BCUT2D eigenvalue weighted by molar-refractivity contribution is 6.39. The molecule has 6 heteroatoms. The van der Waals surface area contributed by atoms with E-state index in [1.54, 1.807) is 7.05 Å². The van der Waals surface area contributed by atoms with Crippen LogP contribution in [-0.2, 0) is 22.7 Å². The second-order valence-corrected chi connectivity index (χ2v) is 4.62. The molecular formula is C14H17N3O3. The van der Waals surface area contributed by atoms with Gasteiger partial charge in [-0.15, -0.1) is 0 Å². The molecule has 0 saturated carbocycles. The normalized spacial score (nSPS) is 15.0. The first-order valence-corrected chi connectivity index (χ1v) is 6.41. The molecule has 0 saturated heterocycles. The Morgan fingerprint density at radius 2 is 2.15 bits per heavy atom. The van der Waals surface area contributed by atoms with Gasteiger partial charge in [0, 0.05) is 26.4 Å². The fourth-order valence-electron chi connectivity index (χ4n) is 1.96. The van der Waals surface area contributed by atoms with E-state index in [0.29, 0.717) is 25.1 Å². The van der Waals surface area contributed by atoms with E-state index in [1.165, 1.54) is 5.01 Å². The highest BCUT2D eigenvalue weighted by atomic mass is 16.3. The molecule has 1 aliphatic heterocycles. The van der Waals surface area contributed by atoms with Gasteiger partial charge in [0.05, 0.1) is 6.61 Å². The summed E-state index contributed by atoms with van der Waals surface area (Å²) >= 11 is 0. The summed E-state index contributed by atoms with van der Waals surface area (Å²) in [6.07, 6.45) is 0.675. The predicted octanol–water partition coefficient (Wildman–Crippen LogP) is 0.403. The lowest BCUT2D eigenvalue weighted by atomic mass is 10.1. The zero-order valence-corrected chi connectivity index (χ0v) is 11.3. The van der Waals surface area contributed by atoms with E-state index in [1.807, 2.05) is 24.3 Å². The lowest BCUT2D eigenvalue weighted by Gasteiger charge is -2.18. The summed E-state index contributed by atoms with van der Waals surface area (Å²) < 4.78 is 0. The number of nitrogens with one attached hydrogen (secondary N) is 1. The molecular weight excluding hydrogens is 258 g/mol. The number of carbonyl (C=O) groups excluding carboxylic acids is 2. The van der Waals surface area contributed by atoms with Crippen molar-refractivity contribution in [1.29, 1.82) is 0 Å². The molecule has 0 unspecified atom stereocenters. The third-order valence-corrected chi connectivity index (χ3v) is 3.10. The number of carbonyl (C=O) groups is 2. The van der Waals surface area contributed by atoms with Gasteiger partial charge in [0.25, 0.3) is 5.91 Å². The van der Waals surface area contributed by atoms with Crippen LogP contribution in [0.1, 0.15) is 24.0 Å². The van der Waals surface area contributed by atoms with Crippen molar-refractivity contribution in [3.05, 3.63) is 35.4 Å². The van der Waals surface area contributed by atoms with Gasteiger partial charge in [0.1, 0.15) is 5.71 Å². The Bertz CT molecular complexity index is 554. The summed E-state index contributed by atoms with van der Waals surface area (Å²) in [6, 6.07) is 7.35. The molecule has 1 aliphatic rings. The Morgan fingerprint density at radius 3 is 2.85 bits per heavy atom. The number of aliphatic hydroxyl groups is 1. The van der Waals surface area contributed by atoms with Crippen LogP contribution in [0.25, 0.3) is 0 Å². The average Bonchev–Trinajstić information content (AvgIpc) is 2.47. The van der Waals surface area contributed by atoms with Crippen LogP contribution >= 0.6 is 0 Å². The first-order valence-electron chi connectivity index (χ1n) is 6.41. The third kappa shape index (κ3) is 3.42. The van der Waals surface area contributed by atoms with Gasteiger partial charge in [-0.3, -0.25) is 9.59 Å². The Balaban J connectivity index is 1.95. The molecule has 6 nitrogen and oxygen atoms in total. The minimum absolute atomic E-state index is 0.0264. The van der Waals surface area contributed by atoms with E-state index in [4.69, 9.17) is 5.11 Å². The van der Waals surface area contributed by atoms with Crippen LogP contribution in [0.3, 0.4) is 0 Å². The van der Waals surface area contributed by atoms with Crippen molar-refractivity contribution in [3.63, 3.8) is 0 Å². The summed E-state index contributed by atoms with van der Waals surface area (Å²) in [5.74, 6) is -0.351. The van der Waals surface area contributed by atoms with Gasteiger partial charge < -0.3 is 10.4 Å². The molecule has 2 amide bonds. The first kappa shape index (κ1) is 14.2. The fourth-order valence-corrected chi connectivity index (χ4v) is 1.96. The second kappa shape index (κ2) is 6.29. The quantitative estimate of drug-likeness (QED) is 0.834. The van der Waals surface area contributed by atoms with Crippen molar-refractivity contribution in [2.45, 2.75) is 26.0 Å². The number of nitrogens with zero attached hydrogens (tertiary/aromatic N) is 2. The van der Waals surface area contributed by atoms with Crippen LogP contribution in [0.5, 0.6) is 0 Å². The maximum Gasteiger partial charge on any atom is 0.267 e. The maximum atomic E-state index is 11.9. The molecule has 0 radical (unpaired) electrons. The largest absolute Gasteiger partial charge is 0.392 e. The monoisotopic (exact) mass is 275 g/mol. The summed E-state index contributed by atoms with van der Waals surface area (Å²) in [4.78, 5) is 23.2. The van der Waals surface area contributed by atoms with Crippen LogP contribution in [0.15, 0.2) is 29.4 Å². The zero-order valence-electron chi connectivity index (χ0n) is 11.3. The molecule has 2 N–H and O–H groups in total. The van der Waals surface area contributed by atoms with Crippen molar-refractivity contribution < 1.29 is 14.7 Å². The number of rotatable bonds is 4. The van der Waals surface area contributed by atoms with Crippen molar-refractivity contribution >= 4 is 17.5 Å². The summed E-state index contributed by atoms with van der Waals surface area (Å²) in [6.45, 7) is 0.338. The fraction of sp³-hybridized carbons (Fsp3) is 0.357. The zero-order chi connectivity index (χ0) is 14.5. The molecule has 2 rings (SSSR count). The highest BCUT2D eigenvalue weighted by Crippen LogP contribution is 2.08. The second-order valence-electron chi connectivity index (χ2n) is 4.62. The minimum atomic E-state index is -0.265. The Morgan fingerprint density at radius 1 is 1.40 bits per heavy atom. The molecule has 0 bridgehead atoms. The van der Waals surface area contributed by atoms with Crippen molar-refractivity contribution in [2.75, 3.05) is 7.05 Å². The van der Waals surface area contributed by atoms with Crippen LogP contribution in [0.2, 0.25) is 0 Å². The topological polar surface area (TPSA) is 82.0 Å². The lowest BCUT2D eigenvalue weighted by molar-refractivity contribution is -0.130. The van der Waals surface area contributed by atoms with E-state index in [2.05, 4.69) is 10.4 Å². The number of hydrogen-bond acceptors (Lipinski definition) is 4. The molecule has 0 aromatic heterocycles. The SMILES string of the molecule is CN1N=C(C(=O)NCc2cccc(CO)c2)CCC1=O. The summed E-state index contributed by atoms with van der Waals surface area (Å²) in [5, 5.41) is 17.0. The third-order valence-electron chi connectivity index (χ3n) is 3.10. The molecule has 106 valence electrons. The van der Waals surface area contributed by atoms with E-state index >= 15 is 0 Å². The van der Waals surface area contributed by atoms with E-state index in [-0.39, 0.29) is 18.4 Å². The van der Waals surface area contributed by atoms with Gasteiger partial charge in [-0.05, 0) is 11.1 Å². The number of benzene rings is 1. The Hall–Kier alpha value is -2.21. The predicted molar refractivity (Wildman–Crippen MR) is 73.7 cm³/mol. The van der Waals surface area contributed by atoms with Gasteiger partial charge in [-0.25, -0.2) is 5.01 Å². The minimum Gasteiger partial charge on any atom is -0.392 e. The van der Waals surface area contributed by atoms with Crippen LogP contribution in [0, 0.1) is 0 Å². The standard InChI is InChI=1S/C14H17N3O3/c1-17-13(19)6-5-12(16-17)14(20)15-8-10-3-2-4-11(7-10)9-18/h2-4,7,18H,5-6,8-9H2,1H3,(H,15,20). The molecule has 0 fully saturated rings. The molecule has 20 heavy (non-hydrogen) atoms. The number of hydrogen-bond donors (Lipinski definition) is 2. The van der Waals surface area contributed by atoms with E-state index in [9.17, 15) is 9.59 Å². The van der Waals surface area contributed by atoms with Gasteiger partial charge in [0.2, 0.25) is 5.91 Å². The van der Waals surface area contributed by atoms with Gasteiger partial charge in [-0.1, -0.05) is 24.3 Å². The van der Waals surface area contributed by atoms with Gasteiger partial charge in [-0.2, -0.15) is 5.10 Å². The summed E-state index contributed by atoms with van der Waals surface area (Å²) in [7, 11) is 1.54. The van der Waals surface area contributed by atoms with Crippen LogP contribution in [-0.4, -0.2) is 34.7 Å². The van der Waals surface area contributed by atoms with E-state index in [0.717, 1.165) is 11.1 Å². The Kier molecular flexibility index (Phi) is 4.47. The molecule has 1 heterocycles. The molecule has 1 aromatic carbocycles. The maximum absolute atomic E-state index is 11.9. The summed E-state index contributed by atoms with van der Waals surface area (Å²) in [5.41, 5.74) is 2.08. The van der Waals surface area contributed by atoms with Crippen molar-refractivity contribution in [1.82, 2.24) is 10.3 Å². The van der Waals surface area contributed by atoms with Gasteiger partial charge in [0.15, 0.2) is 0 Å². The van der Waals surface area contributed by atoms with Crippen molar-refractivity contribution in [3.8, 4) is 0 Å². The van der Waals surface area contributed by atoms with Crippen LogP contribution in [0.4, 0.5) is 0 Å². The number of hydrazone groups is 1. The van der Waals surface area contributed by atoms with Gasteiger partial charge >= 0.3 is 0 Å². The van der Waals surface area contributed by atoms with E-state index < -0.39 is 0 Å². The average molecular weight is 275 g/mol. The molecule has 0 aliphatic carbocycles. The highest BCUT2D eigenvalue weighted by Gasteiger charge is 2.21. The van der Waals surface area contributed by atoms with Crippen LogP contribution < -0.4 is 5.32 Å². The molecule has 0 spiro atoms. The number of amides is 2. The number of aliphatic hydroxyl groups excluding tert-OH is 1. The Labute approximate surface area is 117 Å². The lowest BCUT2D eigenvalue weighted by Crippen LogP contribution is -2.37. The smallest absolute Gasteiger partial charge is 0.267 e. The molecule has 1 aromatic rings. The molecule has 0 atom stereocenters.